The predicted molar refractivity (Wildman–Crippen MR) is 78.0 cm³/mol. The van der Waals surface area contributed by atoms with Crippen LogP contribution < -0.4 is 5.32 Å². The van der Waals surface area contributed by atoms with E-state index in [9.17, 15) is 0 Å². The molecule has 1 aromatic carbocycles. The van der Waals surface area contributed by atoms with Crippen molar-refractivity contribution < 1.29 is 0 Å². The summed E-state index contributed by atoms with van der Waals surface area (Å²) >= 11 is 1.78. The van der Waals surface area contributed by atoms with Crippen molar-refractivity contribution in [3.05, 3.63) is 51.0 Å². The van der Waals surface area contributed by atoms with E-state index in [0.717, 1.165) is 17.2 Å². The fourth-order valence-electron chi connectivity index (χ4n) is 1.96. The van der Waals surface area contributed by atoms with Gasteiger partial charge in [-0.25, -0.2) is 4.98 Å². The summed E-state index contributed by atoms with van der Waals surface area (Å²) in [6.07, 6.45) is 0. The van der Waals surface area contributed by atoms with Gasteiger partial charge in [-0.3, -0.25) is 0 Å². The van der Waals surface area contributed by atoms with Gasteiger partial charge in [0.2, 0.25) is 0 Å². The van der Waals surface area contributed by atoms with Gasteiger partial charge in [0, 0.05) is 17.5 Å². The number of thiazole rings is 1. The van der Waals surface area contributed by atoms with E-state index in [-0.39, 0.29) is 0 Å². The molecule has 0 aliphatic heterocycles. The van der Waals surface area contributed by atoms with Crippen LogP contribution in [0, 0.1) is 20.8 Å². The van der Waals surface area contributed by atoms with Gasteiger partial charge in [0.15, 0.2) is 0 Å². The fraction of sp³-hybridized carbons (Fsp3) is 0.400. The fourth-order valence-corrected chi connectivity index (χ4v) is 2.84. The Labute approximate surface area is 113 Å². The first-order valence-electron chi connectivity index (χ1n) is 6.29. The Morgan fingerprint density at radius 2 is 1.83 bits per heavy atom. The molecule has 18 heavy (non-hydrogen) atoms. The molecule has 1 heterocycles. The number of aryl methyl sites for hydroxylation is 3. The third-order valence-corrected chi connectivity index (χ3v) is 4.22. The van der Waals surface area contributed by atoms with Crippen LogP contribution in [0.5, 0.6) is 0 Å². The highest BCUT2D eigenvalue weighted by molar-refractivity contribution is 7.11. The molecule has 96 valence electrons. The summed E-state index contributed by atoms with van der Waals surface area (Å²) in [5.74, 6) is 0. The molecule has 0 radical (unpaired) electrons. The van der Waals surface area contributed by atoms with Gasteiger partial charge in [0.1, 0.15) is 0 Å². The topological polar surface area (TPSA) is 24.9 Å². The summed E-state index contributed by atoms with van der Waals surface area (Å²) in [7, 11) is 0. The minimum absolute atomic E-state index is 0.368. The molecule has 0 saturated carbocycles. The molecule has 2 rings (SSSR count). The lowest BCUT2D eigenvalue weighted by Crippen LogP contribution is -2.17. The second-order valence-electron chi connectivity index (χ2n) is 4.75. The van der Waals surface area contributed by atoms with Crippen LogP contribution in [0.3, 0.4) is 0 Å². The molecule has 0 saturated heterocycles. The van der Waals surface area contributed by atoms with Gasteiger partial charge in [-0.1, -0.05) is 29.8 Å². The second kappa shape index (κ2) is 5.63. The molecule has 0 bridgehead atoms. The Balaban J connectivity index is 1.98. The molecule has 1 atom stereocenters. The molecule has 0 aliphatic rings. The van der Waals surface area contributed by atoms with Crippen LogP contribution in [0.4, 0.5) is 0 Å². The summed E-state index contributed by atoms with van der Waals surface area (Å²) in [4.78, 5) is 5.79. The van der Waals surface area contributed by atoms with Gasteiger partial charge < -0.3 is 5.32 Å². The van der Waals surface area contributed by atoms with Crippen LogP contribution >= 0.6 is 11.3 Å². The van der Waals surface area contributed by atoms with Gasteiger partial charge in [-0.05, 0) is 33.3 Å². The van der Waals surface area contributed by atoms with E-state index in [4.69, 9.17) is 0 Å². The quantitative estimate of drug-likeness (QED) is 0.901. The Morgan fingerprint density at radius 3 is 2.39 bits per heavy atom. The molecular formula is C15H20N2S. The number of hydrogen-bond donors (Lipinski definition) is 1. The summed E-state index contributed by atoms with van der Waals surface area (Å²) in [5, 5.41) is 4.70. The molecule has 0 unspecified atom stereocenters. The molecular weight excluding hydrogens is 240 g/mol. The molecule has 0 amide bonds. The van der Waals surface area contributed by atoms with Crippen LogP contribution in [0.2, 0.25) is 0 Å². The highest BCUT2D eigenvalue weighted by Crippen LogP contribution is 2.19. The van der Waals surface area contributed by atoms with E-state index < -0.39 is 0 Å². The molecule has 2 aromatic rings. The minimum atomic E-state index is 0.368. The van der Waals surface area contributed by atoms with Crippen LogP contribution in [0.15, 0.2) is 24.3 Å². The van der Waals surface area contributed by atoms with Crippen LogP contribution in [0.1, 0.15) is 39.7 Å². The van der Waals surface area contributed by atoms with E-state index in [1.807, 2.05) is 0 Å². The van der Waals surface area contributed by atoms with E-state index in [1.165, 1.54) is 16.0 Å². The van der Waals surface area contributed by atoms with Gasteiger partial charge in [0.05, 0.1) is 10.7 Å². The minimum Gasteiger partial charge on any atom is -0.305 e. The first-order valence-corrected chi connectivity index (χ1v) is 7.11. The number of rotatable bonds is 4. The highest BCUT2D eigenvalue weighted by atomic mass is 32.1. The summed E-state index contributed by atoms with van der Waals surface area (Å²) in [6.45, 7) is 9.35. The Kier molecular flexibility index (Phi) is 4.15. The normalized spacial score (nSPS) is 12.7. The Morgan fingerprint density at radius 1 is 1.17 bits per heavy atom. The van der Waals surface area contributed by atoms with Crippen molar-refractivity contribution in [3.63, 3.8) is 0 Å². The maximum atomic E-state index is 4.45. The lowest BCUT2D eigenvalue weighted by Gasteiger charge is -2.14. The summed E-state index contributed by atoms with van der Waals surface area (Å²) in [5.41, 5.74) is 3.79. The number of nitrogens with zero attached hydrogens (tertiary/aromatic N) is 1. The Bertz CT molecular complexity index is 514. The smallest absolute Gasteiger partial charge is 0.0900 e. The molecule has 1 aromatic heterocycles. The van der Waals surface area contributed by atoms with Crippen molar-refractivity contribution in [3.8, 4) is 0 Å². The van der Waals surface area contributed by atoms with E-state index in [1.54, 1.807) is 11.3 Å². The standard InChI is InChI=1S/C15H20N2S/c1-10-5-7-14(8-6-10)11(2)16-9-15-12(3)17-13(4)18-15/h5-8,11,16H,9H2,1-4H3/t11-/m1/s1. The molecule has 0 aliphatic carbocycles. The predicted octanol–water partition coefficient (Wildman–Crippen LogP) is 3.92. The number of nitrogens with one attached hydrogen (secondary N) is 1. The molecule has 3 heteroatoms. The SMILES string of the molecule is Cc1ccc([C@@H](C)NCc2sc(C)nc2C)cc1. The van der Waals surface area contributed by atoms with E-state index in [2.05, 4.69) is 62.3 Å². The first-order chi connectivity index (χ1) is 8.56. The van der Waals surface area contributed by atoms with Crippen molar-refractivity contribution in [1.29, 1.82) is 0 Å². The lowest BCUT2D eigenvalue weighted by atomic mass is 10.1. The van der Waals surface area contributed by atoms with Gasteiger partial charge in [-0.15, -0.1) is 11.3 Å². The third-order valence-electron chi connectivity index (χ3n) is 3.15. The van der Waals surface area contributed by atoms with Crippen LogP contribution in [0.25, 0.3) is 0 Å². The first kappa shape index (κ1) is 13.2. The molecule has 0 spiro atoms. The van der Waals surface area contributed by atoms with Crippen molar-refractivity contribution in [2.24, 2.45) is 0 Å². The maximum Gasteiger partial charge on any atom is 0.0900 e. The zero-order valence-electron chi connectivity index (χ0n) is 11.4. The van der Waals surface area contributed by atoms with E-state index >= 15 is 0 Å². The number of aromatic nitrogens is 1. The van der Waals surface area contributed by atoms with Crippen LogP contribution in [-0.2, 0) is 6.54 Å². The largest absolute Gasteiger partial charge is 0.305 e. The van der Waals surface area contributed by atoms with Gasteiger partial charge >= 0.3 is 0 Å². The van der Waals surface area contributed by atoms with Crippen molar-refractivity contribution in [1.82, 2.24) is 10.3 Å². The van der Waals surface area contributed by atoms with Gasteiger partial charge in [-0.2, -0.15) is 0 Å². The lowest BCUT2D eigenvalue weighted by molar-refractivity contribution is 0.577. The molecule has 0 fully saturated rings. The van der Waals surface area contributed by atoms with Crippen LogP contribution in [-0.4, -0.2) is 4.98 Å². The average molecular weight is 260 g/mol. The maximum absolute atomic E-state index is 4.45. The third kappa shape index (κ3) is 3.18. The van der Waals surface area contributed by atoms with E-state index in [0.29, 0.717) is 6.04 Å². The zero-order chi connectivity index (χ0) is 13.1. The molecule has 2 nitrogen and oxygen atoms in total. The summed E-state index contributed by atoms with van der Waals surface area (Å²) in [6, 6.07) is 9.08. The molecule has 1 N–H and O–H groups in total. The average Bonchev–Trinajstić information content (AvgIpc) is 2.66. The second-order valence-corrected chi connectivity index (χ2v) is 6.04. The number of benzene rings is 1. The monoisotopic (exact) mass is 260 g/mol. The Hall–Kier alpha value is -1.19. The van der Waals surface area contributed by atoms with Crippen molar-refractivity contribution >= 4 is 11.3 Å². The van der Waals surface area contributed by atoms with Gasteiger partial charge in [0.25, 0.3) is 0 Å². The van der Waals surface area contributed by atoms with Crippen molar-refractivity contribution in [2.45, 2.75) is 40.3 Å². The number of hydrogen-bond acceptors (Lipinski definition) is 3. The summed E-state index contributed by atoms with van der Waals surface area (Å²) < 4.78 is 0. The zero-order valence-corrected chi connectivity index (χ0v) is 12.3. The van der Waals surface area contributed by atoms with Crippen molar-refractivity contribution in [2.75, 3.05) is 0 Å². The highest BCUT2D eigenvalue weighted by Gasteiger charge is 2.08.